The number of likely N-dealkylation sites (tertiary alicyclic amines) is 1. The van der Waals surface area contributed by atoms with Gasteiger partial charge in [-0.05, 0) is 87.2 Å². The van der Waals surface area contributed by atoms with E-state index in [2.05, 4.69) is 95.8 Å². The molecule has 7 rings (SSSR count). The first-order valence-corrected chi connectivity index (χ1v) is 11.4. The third-order valence-electron chi connectivity index (χ3n) is 6.96. The van der Waals surface area contributed by atoms with Crippen molar-refractivity contribution in [2.75, 3.05) is 13.6 Å². The molecule has 0 N–H and O–H groups in total. The minimum absolute atomic E-state index is 0.610. The summed E-state index contributed by atoms with van der Waals surface area (Å²) in [6.45, 7) is 1.22. The summed E-state index contributed by atoms with van der Waals surface area (Å²) in [5.74, 6) is 0. The van der Waals surface area contributed by atoms with Crippen LogP contribution >= 0.6 is 0 Å². The van der Waals surface area contributed by atoms with E-state index >= 15 is 0 Å². The van der Waals surface area contributed by atoms with Crippen molar-refractivity contribution in [2.24, 2.45) is 0 Å². The normalized spacial score (nSPS) is 16.7. The van der Waals surface area contributed by atoms with Gasteiger partial charge in [0.05, 0.1) is 0 Å². The lowest BCUT2D eigenvalue weighted by molar-refractivity contribution is 0.317. The molecule has 6 aromatic rings. The maximum Gasteiger partial charge on any atom is 0.0360 e. The average Bonchev–Trinajstić information content (AvgIpc) is 3.29. The van der Waals surface area contributed by atoms with Crippen molar-refractivity contribution in [3.8, 4) is 0 Å². The second-order valence-corrected chi connectivity index (χ2v) is 8.88. The molecule has 1 aliphatic heterocycles. The smallest absolute Gasteiger partial charge is 0.0360 e. The fraction of sp³-hybridized carbons (Fsp3) is 0.167. The number of hydrogen-bond donors (Lipinski definition) is 0. The second-order valence-electron chi connectivity index (χ2n) is 8.88. The zero-order valence-electron chi connectivity index (χ0n) is 18.3. The number of nitrogens with zero attached hydrogens (tertiary/aromatic N) is 2. The molecule has 1 fully saturated rings. The van der Waals surface area contributed by atoms with Gasteiger partial charge in [-0.3, -0.25) is 9.88 Å². The molecule has 5 aromatic carbocycles. The monoisotopic (exact) mass is 414 g/mol. The van der Waals surface area contributed by atoms with Gasteiger partial charge in [0.25, 0.3) is 0 Å². The van der Waals surface area contributed by atoms with Gasteiger partial charge in [0.2, 0.25) is 0 Å². The molecule has 0 amide bonds. The first-order chi connectivity index (χ1) is 15.8. The van der Waals surface area contributed by atoms with Crippen molar-refractivity contribution in [3.63, 3.8) is 0 Å². The predicted octanol–water partition coefficient (Wildman–Crippen LogP) is 7.59. The highest BCUT2D eigenvalue weighted by Gasteiger charge is 2.22. The van der Waals surface area contributed by atoms with Crippen LogP contribution in [0.15, 0.2) is 97.3 Å². The maximum absolute atomic E-state index is 4.14. The first kappa shape index (κ1) is 19.2. The average molecular weight is 415 g/mol. The summed E-state index contributed by atoms with van der Waals surface area (Å²) in [6, 6.07) is 31.3. The molecule has 1 saturated heterocycles. The van der Waals surface area contributed by atoms with Crippen molar-refractivity contribution in [3.05, 3.63) is 103 Å². The molecule has 0 bridgehead atoms. The van der Waals surface area contributed by atoms with E-state index in [0.29, 0.717) is 6.04 Å². The van der Waals surface area contributed by atoms with Crippen molar-refractivity contribution >= 4 is 43.1 Å². The van der Waals surface area contributed by atoms with Crippen LogP contribution in [0.3, 0.4) is 0 Å². The SMILES string of the molecule is CN1CCCC1c1cccnc1.c1ccc2c(c1)cc1ccc3cccc4ccc2c1c34. The third-order valence-corrected chi connectivity index (χ3v) is 6.96. The fourth-order valence-corrected chi connectivity index (χ4v) is 5.39. The quantitative estimate of drug-likeness (QED) is 0.204. The molecule has 1 aliphatic rings. The zero-order valence-corrected chi connectivity index (χ0v) is 18.3. The van der Waals surface area contributed by atoms with E-state index in [1.54, 1.807) is 0 Å². The van der Waals surface area contributed by atoms with E-state index in [1.807, 2.05) is 18.5 Å². The number of hydrogen-bond acceptors (Lipinski definition) is 2. The Kier molecular flexibility index (Phi) is 4.74. The van der Waals surface area contributed by atoms with Gasteiger partial charge in [-0.1, -0.05) is 72.8 Å². The zero-order chi connectivity index (χ0) is 21.5. The molecule has 1 aromatic heterocycles. The van der Waals surface area contributed by atoms with Crippen LogP contribution in [0.1, 0.15) is 24.4 Å². The molecule has 0 aliphatic carbocycles. The molecule has 156 valence electrons. The molecule has 0 radical (unpaired) electrons. The maximum atomic E-state index is 4.14. The van der Waals surface area contributed by atoms with E-state index in [4.69, 9.17) is 0 Å². The Balaban J connectivity index is 0.000000140. The minimum atomic E-state index is 0.610. The Labute approximate surface area is 188 Å². The van der Waals surface area contributed by atoms with Crippen LogP contribution in [0, 0.1) is 0 Å². The van der Waals surface area contributed by atoms with Gasteiger partial charge in [-0.2, -0.15) is 0 Å². The fourth-order valence-electron chi connectivity index (χ4n) is 5.39. The van der Waals surface area contributed by atoms with Gasteiger partial charge in [-0.25, -0.2) is 0 Å². The van der Waals surface area contributed by atoms with Crippen LogP contribution in [-0.2, 0) is 0 Å². The highest BCUT2D eigenvalue weighted by molar-refractivity contribution is 6.28. The standard InChI is InChI=1S/C20H12.C10H14N2/c1-2-7-17-15(4-1)12-16-9-8-13-5-3-6-14-10-11-18(17)20(16)19(13)14;1-12-7-3-5-10(12)9-4-2-6-11-8-9/h1-12H;2,4,6,8,10H,3,5,7H2,1H3. The van der Waals surface area contributed by atoms with Gasteiger partial charge in [0.15, 0.2) is 0 Å². The number of pyridine rings is 1. The lowest BCUT2D eigenvalue weighted by atomic mass is 9.91. The Bertz CT molecular complexity index is 1500. The van der Waals surface area contributed by atoms with Crippen LogP contribution in [-0.4, -0.2) is 23.5 Å². The van der Waals surface area contributed by atoms with Crippen LogP contribution < -0.4 is 0 Å². The predicted molar refractivity (Wildman–Crippen MR) is 136 cm³/mol. The molecule has 32 heavy (non-hydrogen) atoms. The van der Waals surface area contributed by atoms with Crippen LogP contribution in [0.4, 0.5) is 0 Å². The molecule has 0 spiro atoms. The second kappa shape index (κ2) is 7.89. The van der Waals surface area contributed by atoms with Gasteiger partial charge in [0.1, 0.15) is 0 Å². The van der Waals surface area contributed by atoms with Crippen LogP contribution in [0.25, 0.3) is 43.1 Å². The van der Waals surface area contributed by atoms with E-state index in [9.17, 15) is 0 Å². The van der Waals surface area contributed by atoms with Gasteiger partial charge >= 0.3 is 0 Å². The largest absolute Gasteiger partial charge is 0.299 e. The summed E-state index contributed by atoms with van der Waals surface area (Å²) in [4.78, 5) is 6.54. The lowest BCUT2D eigenvalue weighted by Crippen LogP contribution is -2.17. The highest BCUT2D eigenvalue weighted by atomic mass is 15.1. The molecule has 1 unspecified atom stereocenters. The molecular weight excluding hydrogens is 388 g/mol. The number of benzene rings is 5. The van der Waals surface area contributed by atoms with Gasteiger partial charge in [0, 0.05) is 18.4 Å². The lowest BCUT2D eigenvalue weighted by Gasteiger charge is -2.18. The van der Waals surface area contributed by atoms with Crippen LogP contribution in [0.2, 0.25) is 0 Å². The summed E-state index contributed by atoms with van der Waals surface area (Å²) in [6.07, 6.45) is 6.41. The third kappa shape index (κ3) is 3.19. The first-order valence-electron chi connectivity index (χ1n) is 11.4. The Morgan fingerprint density at radius 2 is 1.50 bits per heavy atom. The summed E-state index contributed by atoms with van der Waals surface area (Å²) < 4.78 is 0. The number of rotatable bonds is 1. The van der Waals surface area contributed by atoms with Crippen LogP contribution in [0.5, 0.6) is 0 Å². The number of fused-ring (bicyclic) bond motifs is 2. The van der Waals surface area contributed by atoms with Crippen molar-refractivity contribution in [2.45, 2.75) is 18.9 Å². The Hall–Kier alpha value is -3.49. The Morgan fingerprint density at radius 1 is 0.719 bits per heavy atom. The highest BCUT2D eigenvalue weighted by Crippen LogP contribution is 2.38. The summed E-state index contributed by atoms with van der Waals surface area (Å²) >= 11 is 0. The molecule has 2 heterocycles. The molecule has 1 atom stereocenters. The minimum Gasteiger partial charge on any atom is -0.299 e. The van der Waals surface area contributed by atoms with Gasteiger partial charge < -0.3 is 0 Å². The van der Waals surface area contributed by atoms with Crippen molar-refractivity contribution in [1.82, 2.24) is 9.88 Å². The van der Waals surface area contributed by atoms with E-state index in [-0.39, 0.29) is 0 Å². The summed E-state index contributed by atoms with van der Waals surface area (Å²) in [5, 5.41) is 10.8. The molecule has 0 saturated carbocycles. The summed E-state index contributed by atoms with van der Waals surface area (Å²) in [5.41, 5.74) is 1.36. The summed E-state index contributed by atoms with van der Waals surface area (Å²) in [7, 11) is 2.19. The number of aromatic nitrogens is 1. The molecule has 2 nitrogen and oxygen atoms in total. The van der Waals surface area contributed by atoms with Crippen molar-refractivity contribution < 1.29 is 0 Å². The molecular formula is C30H26N2. The molecule has 2 heteroatoms. The van der Waals surface area contributed by atoms with Crippen molar-refractivity contribution in [1.29, 1.82) is 0 Å². The van der Waals surface area contributed by atoms with E-state index < -0.39 is 0 Å². The van der Waals surface area contributed by atoms with Gasteiger partial charge in [-0.15, -0.1) is 0 Å². The topological polar surface area (TPSA) is 16.1 Å². The van der Waals surface area contributed by atoms with E-state index in [0.717, 1.165) is 0 Å². The van der Waals surface area contributed by atoms with E-state index in [1.165, 1.54) is 68.0 Å². The Morgan fingerprint density at radius 3 is 2.28 bits per heavy atom.